The van der Waals surface area contributed by atoms with Gasteiger partial charge in [-0.2, -0.15) is 11.8 Å². The molecule has 0 aliphatic heterocycles. The van der Waals surface area contributed by atoms with Gasteiger partial charge in [0.2, 0.25) is 0 Å². The van der Waals surface area contributed by atoms with Gasteiger partial charge in [-0.3, -0.25) is 4.79 Å². The number of likely N-dealkylation sites (N-methyl/N-ethyl adjacent to an activating group) is 1. The van der Waals surface area contributed by atoms with Gasteiger partial charge in [-0.1, -0.05) is 20.8 Å². The molecule has 0 aromatic carbocycles. The van der Waals surface area contributed by atoms with Crippen LogP contribution >= 0.6 is 11.8 Å². The molecular formula is C12H23NO2S. The minimum atomic E-state index is -0.479. The van der Waals surface area contributed by atoms with Crippen molar-refractivity contribution in [2.24, 2.45) is 5.92 Å². The molecular weight excluding hydrogens is 222 g/mol. The Morgan fingerprint density at radius 3 is 2.31 bits per heavy atom. The van der Waals surface area contributed by atoms with E-state index in [0.29, 0.717) is 5.92 Å². The SMILES string of the molecule is CNC(CSC(C)(C)C)(C(=O)OC)C1CC1. The summed E-state index contributed by atoms with van der Waals surface area (Å²) >= 11 is 1.81. The maximum absolute atomic E-state index is 12.0. The molecule has 0 saturated heterocycles. The van der Waals surface area contributed by atoms with Crippen molar-refractivity contribution in [3.05, 3.63) is 0 Å². The molecule has 3 nitrogen and oxygen atoms in total. The molecule has 1 aliphatic carbocycles. The van der Waals surface area contributed by atoms with Gasteiger partial charge < -0.3 is 10.1 Å². The molecule has 0 aromatic rings. The third-order valence-corrected chi connectivity index (χ3v) is 4.47. The molecule has 16 heavy (non-hydrogen) atoms. The van der Waals surface area contributed by atoms with Crippen LogP contribution in [0.4, 0.5) is 0 Å². The van der Waals surface area contributed by atoms with Crippen LogP contribution in [0.1, 0.15) is 33.6 Å². The summed E-state index contributed by atoms with van der Waals surface area (Å²) in [5, 5.41) is 3.21. The third-order valence-electron chi connectivity index (χ3n) is 3.00. The fraction of sp³-hybridized carbons (Fsp3) is 0.917. The van der Waals surface area contributed by atoms with Crippen molar-refractivity contribution >= 4 is 17.7 Å². The van der Waals surface area contributed by atoms with Crippen LogP contribution in [0.25, 0.3) is 0 Å². The number of methoxy groups -OCH3 is 1. The van der Waals surface area contributed by atoms with Gasteiger partial charge in [0.1, 0.15) is 5.54 Å². The second-order valence-corrected chi connectivity index (χ2v) is 7.19. The standard InChI is InChI=1S/C12H23NO2S/c1-11(2,3)16-8-12(13-4,9-6-7-9)10(14)15-5/h9,13H,6-8H2,1-5H3. The molecule has 0 bridgehead atoms. The molecule has 0 heterocycles. The van der Waals surface area contributed by atoms with Crippen LogP contribution in [0.2, 0.25) is 0 Å². The number of carbonyl (C=O) groups is 1. The molecule has 1 N–H and O–H groups in total. The number of nitrogens with one attached hydrogen (secondary N) is 1. The molecule has 94 valence electrons. The summed E-state index contributed by atoms with van der Waals surface area (Å²) in [7, 11) is 3.33. The van der Waals surface area contributed by atoms with Gasteiger partial charge in [-0.15, -0.1) is 0 Å². The predicted octanol–water partition coefficient (Wildman–Crippen LogP) is 2.06. The second-order valence-electron chi connectivity index (χ2n) is 5.39. The highest BCUT2D eigenvalue weighted by Gasteiger charge is 2.51. The quantitative estimate of drug-likeness (QED) is 0.753. The normalized spacial score (nSPS) is 20.3. The predicted molar refractivity (Wildman–Crippen MR) is 68.7 cm³/mol. The number of carbonyl (C=O) groups excluding carboxylic acids is 1. The van der Waals surface area contributed by atoms with Crippen LogP contribution in [0.15, 0.2) is 0 Å². The van der Waals surface area contributed by atoms with E-state index in [4.69, 9.17) is 4.74 Å². The smallest absolute Gasteiger partial charge is 0.327 e. The van der Waals surface area contributed by atoms with E-state index < -0.39 is 5.54 Å². The number of thioether (sulfide) groups is 1. The van der Waals surface area contributed by atoms with Gasteiger partial charge in [-0.25, -0.2) is 0 Å². The Balaban J connectivity index is 2.73. The average molecular weight is 245 g/mol. The van der Waals surface area contributed by atoms with Crippen molar-refractivity contribution in [2.75, 3.05) is 19.9 Å². The lowest BCUT2D eigenvalue weighted by molar-refractivity contribution is -0.148. The largest absolute Gasteiger partial charge is 0.468 e. The van der Waals surface area contributed by atoms with E-state index in [1.54, 1.807) is 0 Å². The number of rotatable bonds is 5. The van der Waals surface area contributed by atoms with Crippen LogP contribution in [-0.4, -0.2) is 36.2 Å². The van der Waals surface area contributed by atoms with E-state index in [2.05, 4.69) is 26.1 Å². The summed E-state index contributed by atoms with van der Waals surface area (Å²) in [6.07, 6.45) is 2.25. The summed E-state index contributed by atoms with van der Waals surface area (Å²) in [5.74, 6) is 1.11. The lowest BCUT2D eigenvalue weighted by Gasteiger charge is -2.33. The first-order valence-corrected chi connectivity index (χ1v) is 6.75. The molecule has 0 radical (unpaired) electrons. The molecule has 0 aromatic heterocycles. The fourth-order valence-electron chi connectivity index (χ4n) is 1.81. The minimum absolute atomic E-state index is 0.116. The van der Waals surface area contributed by atoms with E-state index in [-0.39, 0.29) is 10.7 Å². The van der Waals surface area contributed by atoms with Crippen molar-refractivity contribution < 1.29 is 9.53 Å². The fourth-order valence-corrected chi connectivity index (χ4v) is 2.97. The Bertz CT molecular complexity index is 258. The second kappa shape index (κ2) is 4.96. The molecule has 0 spiro atoms. The Morgan fingerprint density at radius 2 is 2.00 bits per heavy atom. The van der Waals surface area contributed by atoms with Crippen molar-refractivity contribution in [1.82, 2.24) is 5.32 Å². The molecule has 1 fully saturated rings. The molecule has 1 saturated carbocycles. The first kappa shape index (κ1) is 13.8. The van der Waals surface area contributed by atoms with Gasteiger partial charge >= 0.3 is 5.97 Å². The van der Waals surface area contributed by atoms with Crippen molar-refractivity contribution in [3.8, 4) is 0 Å². The zero-order chi connectivity index (χ0) is 12.4. The maximum atomic E-state index is 12.0. The van der Waals surface area contributed by atoms with E-state index >= 15 is 0 Å². The van der Waals surface area contributed by atoms with Gasteiger partial charge in [0, 0.05) is 10.5 Å². The molecule has 1 unspecified atom stereocenters. The average Bonchev–Trinajstić information content (AvgIpc) is 3.01. The summed E-state index contributed by atoms with van der Waals surface area (Å²) in [6, 6.07) is 0. The summed E-state index contributed by atoms with van der Waals surface area (Å²) in [6.45, 7) is 6.51. The lowest BCUT2D eigenvalue weighted by Crippen LogP contribution is -2.55. The van der Waals surface area contributed by atoms with E-state index in [1.807, 2.05) is 18.8 Å². The summed E-state index contributed by atoms with van der Waals surface area (Å²) < 4.78 is 5.13. The molecule has 1 aliphatic rings. The van der Waals surface area contributed by atoms with E-state index in [0.717, 1.165) is 18.6 Å². The highest BCUT2D eigenvalue weighted by atomic mass is 32.2. The highest BCUT2D eigenvalue weighted by Crippen LogP contribution is 2.43. The number of hydrogen-bond acceptors (Lipinski definition) is 4. The maximum Gasteiger partial charge on any atom is 0.327 e. The van der Waals surface area contributed by atoms with Crippen molar-refractivity contribution in [2.45, 2.75) is 43.9 Å². The van der Waals surface area contributed by atoms with Gasteiger partial charge in [0.15, 0.2) is 0 Å². The Hall–Kier alpha value is -0.220. The summed E-state index contributed by atoms with van der Waals surface area (Å²) in [4.78, 5) is 12.0. The number of ether oxygens (including phenoxy) is 1. The zero-order valence-corrected chi connectivity index (χ0v) is 11.7. The molecule has 1 atom stereocenters. The van der Waals surface area contributed by atoms with Crippen molar-refractivity contribution in [3.63, 3.8) is 0 Å². The van der Waals surface area contributed by atoms with E-state index in [1.165, 1.54) is 7.11 Å². The Labute approximate surface area is 103 Å². The monoisotopic (exact) mass is 245 g/mol. The van der Waals surface area contributed by atoms with Crippen LogP contribution in [0.5, 0.6) is 0 Å². The Kier molecular flexibility index (Phi) is 4.29. The first-order valence-electron chi connectivity index (χ1n) is 5.77. The number of hydrogen-bond donors (Lipinski definition) is 1. The van der Waals surface area contributed by atoms with E-state index in [9.17, 15) is 4.79 Å². The zero-order valence-electron chi connectivity index (χ0n) is 10.9. The van der Waals surface area contributed by atoms with Gasteiger partial charge in [0.05, 0.1) is 7.11 Å². The van der Waals surface area contributed by atoms with Crippen LogP contribution in [0.3, 0.4) is 0 Å². The highest BCUT2D eigenvalue weighted by molar-refractivity contribution is 8.00. The van der Waals surface area contributed by atoms with Crippen LogP contribution < -0.4 is 5.32 Å². The molecule has 1 rings (SSSR count). The summed E-state index contributed by atoms with van der Waals surface area (Å²) in [5.41, 5.74) is -0.479. The Morgan fingerprint density at radius 1 is 1.44 bits per heavy atom. The molecule has 4 heteroatoms. The van der Waals surface area contributed by atoms with Crippen LogP contribution in [-0.2, 0) is 9.53 Å². The van der Waals surface area contributed by atoms with Crippen LogP contribution in [0, 0.1) is 5.92 Å². The topological polar surface area (TPSA) is 38.3 Å². The van der Waals surface area contributed by atoms with Gasteiger partial charge in [-0.05, 0) is 25.8 Å². The first-order chi connectivity index (χ1) is 7.35. The number of esters is 1. The van der Waals surface area contributed by atoms with Gasteiger partial charge in [0.25, 0.3) is 0 Å². The van der Waals surface area contributed by atoms with Crippen molar-refractivity contribution in [1.29, 1.82) is 0 Å². The lowest BCUT2D eigenvalue weighted by atomic mass is 9.96. The third kappa shape index (κ3) is 3.14. The minimum Gasteiger partial charge on any atom is -0.468 e. The molecule has 0 amide bonds.